The van der Waals surface area contributed by atoms with Crippen LogP contribution in [-0.4, -0.2) is 15.8 Å². The number of benzene rings is 1. The van der Waals surface area contributed by atoms with Gasteiger partial charge in [-0.2, -0.15) is 0 Å². The van der Waals surface area contributed by atoms with E-state index in [9.17, 15) is 14.9 Å². The third-order valence-electron chi connectivity index (χ3n) is 2.64. The minimum Gasteiger partial charge on any atom is -0.399 e. The van der Waals surface area contributed by atoms with Crippen molar-refractivity contribution in [1.82, 2.24) is 10.3 Å². The molecule has 0 aliphatic carbocycles. The number of nitrogens with one attached hydrogen (secondary N) is 1. The van der Waals surface area contributed by atoms with Crippen LogP contribution >= 0.6 is 0 Å². The Morgan fingerprint density at radius 3 is 2.85 bits per heavy atom. The third kappa shape index (κ3) is 3.08. The zero-order valence-electron chi connectivity index (χ0n) is 10.4. The topological polar surface area (TPSA) is 111 Å². The number of hydrogen-bond donors (Lipinski definition) is 2. The molecule has 20 heavy (non-hydrogen) atoms. The molecule has 2 rings (SSSR count). The first-order valence-corrected chi connectivity index (χ1v) is 5.79. The smallest absolute Gasteiger partial charge is 0.282 e. The van der Waals surface area contributed by atoms with Crippen LogP contribution in [0, 0.1) is 10.1 Å². The number of rotatable bonds is 4. The van der Waals surface area contributed by atoms with Crippen molar-refractivity contribution in [3.63, 3.8) is 0 Å². The van der Waals surface area contributed by atoms with Crippen molar-refractivity contribution in [2.24, 2.45) is 0 Å². The van der Waals surface area contributed by atoms with Crippen molar-refractivity contribution in [2.45, 2.75) is 6.54 Å². The Hall–Kier alpha value is -2.96. The van der Waals surface area contributed by atoms with Gasteiger partial charge in [0.15, 0.2) is 0 Å². The lowest BCUT2D eigenvalue weighted by Crippen LogP contribution is -2.23. The van der Waals surface area contributed by atoms with Crippen molar-refractivity contribution in [3.05, 3.63) is 64.0 Å². The molecule has 0 spiro atoms. The van der Waals surface area contributed by atoms with Crippen molar-refractivity contribution in [2.75, 3.05) is 5.73 Å². The van der Waals surface area contributed by atoms with Crippen LogP contribution in [0.25, 0.3) is 0 Å². The number of anilines is 1. The van der Waals surface area contributed by atoms with Crippen LogP contribution < -0.4 is 11.1 Å². The normalized spacial score (nSPS) is 10.0. The maximum absolute atomic E-state index is 12.0. The molecular weight excluding hydrogens is 260 g/mol. The summed E-state index contributed by atoms with van der Waals surface area (Å²) < 4.78 is 0. The summed E-state index contributed by atoms with van der Waals surface area (Å²) in [5, 5.41) is 13.5. The number of carbonyl (C=O) groups is 1. The van der Waals surface area contributed by atoms with Gasteiger partial charge in [0.05, 0.1) is 4.92 Å². The monoisotopic (exact) mass is 272 g/mol. The molecule has 2 aromatic rings. The molecule has 1 heterocycles. The molecule has 0 atom stereocenters. The highest BCUT2D eigenvalue weighted by Gasteiger charge is 2.19. The fourth-order valence-electron chi connectivity index (χ4n) is 1.67. The Morgan fingerprint density at radius 2 is 2.20 bits per heavy atom. The lowest BCUT2D eigenvalue weighted by Gasteiger charge is -2.06. The average Bonchev–Trinajstić information content (AvgIpc) is 2.45. The third-order valence-corrected chi connectivity index (χ3v) is 2.64. The van der Waals surface area contributed by atoms with Gasteiger partial charge in [-0.25, -0.2) is 0 Å². The predicted octanol–water partition coefficient (Wildman–Crippen LogP) is 1.50. The first kappa shape index (κ1) is 13.5. The molecule has 0 radical (unpaired) electrons. The summed E-state index contributed by atoms with van der Waals surface area (Å²) in [5.41, 5.74) is 6.32. The van der Waals surface area contributed by atoms with Crippen LogP contribution in [0.15, 0.2) is 42.7 Å². The Labute approximate surface area is 114 Å². The summed E-state index contributed by atoms with van der Waals surface area (Å²) in [4.78, 5) is 26.2. The number of carbonyl (C=O) groups excluding carboxylic acids is 1. The van der Waals surface area contributed by atoms with Gasteiger partial charge in [0.1, 0.15) is 5.56 Å². The van der Waals surface area contributed by atoms with E-state index in [0.717, 1.165) is 5.56 Å². The van der Waals surface area contributed by atoms with Crippen LogP contribution in [0.5, 0.6) is 0 Å². The van der Waals surface area contributed by atoms with Crippen molar-refractivity contribution in [1.29, 1.82) is 0 Å². The van der Waals surface area contributed by atoms with E-state index in [0.29, 0.717) is 5.69 Å². The first-order valence-electron chi connectivity index (χ1n) is 5.79. The van der Waals surface area contributed by atoms with E-state index in [1.807, 2.05) is 0 Å². The van der Waals surface area contributed by atoms with E-state index in [1.54, 1.807) is 24.5 Å². The van der Waals surface area contributed by atoms with Gasteiger partial charge in [-0.15, -0.1) is 0 Å². The summed E-state index contributed by atoms with van der Waals surface area (Å²) in [7, 11) is 0. The van der Waals surface area contributed by atoms with E-state index in [4.69, 9.17) is 5.73 Å². The maximum Gasteiger partial charge on any atom is 0.282 e. The first-order chi connectivity index (χ1) is 9.58. The van der Waals surface area contributed by atoms with Crippen LogP contribution in [0.3, 0.4) is 0 Å². The molecule has 0 unspecified atom stereocenters. The molecule has 0 aliphatic rings. The van der Waals surface area contributed by atoms with Gasteiger partial charge in [-0.3, -0.25) is 19.9 Å². The molecule has 7 nitrogen and oxygen atoms in total. The summed E-state index contributed by atoms with van der Waals surface area (Å²) in [5.74, 6) is -0.548. The maximum atomic E-state index is 12.0. The fourth-order valence-corrected chi connectivity index (χ4v) is 1.67. The Balaban J connectivity index is 2.17. The summed E-state index contributed by atoms with van der Waals surface area (Å²) in [6.07, 6.45) is 3.22. The summed E-state index contributed by atoms with van der Waals surface area (Å²) in [6, 6.07) is 7.42. The standard InChI is InChI=1S/C13H12N4O3/c14-10-3-4-12(17(19)20)11(6-10)13(18)16-8-9-2-1-5-15-7-9/h1-7H,8,14H2,(H,16,18). The lowest BCUT2D eigenvalue weighted by molar-refractivity contribution is -0.385. The van der Waals surface area contributed by atoms with E-state index in [2.05, 4.69) is 10.3 Å². The lowest BCUT2D eigenvalue weighted by atomic mass is 10.1. The van der Waals surface area contributed by atoms with Crippen LogP contribution in [-0.2, 0) is 6.54 Å². The molecule has 7 heteroatoms. The van der Waals surface area contributed by atoms with Gasteiger partial charge >= 0.3 is 0 Å². The van der Waals surface area contributed by atoms with Crippen molar-refractivity contribution >= 4 is 17.3 Å². The second-order valence-electron chi connectivity index (χ2n) is 4.08. The second kappa shape index (κ2) is 5.79. The quantitative estimate of drug-likeness (QED) is 0.497. The number of pyridine rings is 1. The van der Waals surface area contributed by atoms with E-state index >= 15 is 0 Å². The highest BCUT2D eigenvalue weighted by molar-refractivity contribution is 5.98. The summed E-state index contributed by atoms with van der Waals surface area (Å²) in [6.45, 7) is 0.235. The molecular formula is C13H12N4O3. The van der Waals surface area contributed by atoms with E-state index < -0.39 is 10.8 Å². The molecule has 0 saturated carbocycles. The van der Waals surface area contributed by atoms with Gasteiger partial charge in [0.25, 0.3) is 11.6 Å². The van der Waals surface area contributed by atoms with E-state index in [-0.39, 0.29) is 17.8 Å². The minimum absolute atomic E-state index is 0.0566. The van der Waals surface area contributed by atoms with Crippen LogP contribution in [0.4, 0.5) is 11.4 Å². The molecule has 0 saturated heterocycles. The number of amides is 1. The number of hydrogen-bond acceptors (Lipinski definition) is 5. The highest BCUT2D eigenvalue weighted by Crippen LogP contribution is 2.21. The molecule has 0 aliphatic heterocycles. The Bertz CT molecular complexity index is 643. The largest absolute Gasteiger partial charge is 0.399 e. The Kier molecular flexibility index (Phi) is 3.90. The minimum atomic E-state index is -0.613. The summed E-state index contributed by atoms with van der Waals surface area (Å²) >= 11 is 0. The fraction of sp³-hybridized carbons (Fsp3) is 0.0769. The number of nitro benzene ring substituents is 1. The van der Waals surface area contributed by atoms with Gasteiger partial charge in [0.2, 0.25) is 0 Å². The zero-order chi connectivity index (χ0) is 14.5. The number of aromatic nitrogens is 1. The SMILES string of the molecule is Nc1ccc([N+](=O)[O-])c(C(=O)NCc2cccnc2)c1. The van der Waals surface area contributed by atoms with Crippen LogP contribution in [0.2, 0.25) is 0 Å². The molecule has 0 fully saturated rings. The predicted molar refractivity (Wildman–Crippen MR) is 72.9 cm³/mol. The van der Waals surface area contributed by atoms with Gasteiger partial charge in [-0.1, -0.05) is 6.07 Å². The molecule has 3 N–H and O–H groups in total. The molecule has 1 aromatic heterocycles. The molecule has 1 amide bonds. The number of nitro groups is 1. The average molecular weight is 272 g/mol. The van der Waals surface area contributed by atoms with Crippen LogP contribution in [0.1, 0.15) is 15.9 Å². The number of nitrogens with zero attached hydrogens (tertiary/aromatic N) is 2. The number of nitrogen functional groups attached to an aromatic ring is 1. The number of nitrogens with two attached hydrogens (primary N) is 1. The van der Waals surface area contributed by atoms with E-state index in [1.165, 1.54) is 18.2 Å². The van der Waals surface area contributed by atoms with Gasteiger partial charge in [-0.05, 0) is 23.8 Å². The molecule has 1 aromatic carbocycles. The zero-order valence-corrected chi connectivity index (χ0v) is 10.4. The van der Waals surface area contributed by atoms with Crippen molar-refractivity contribution < 1.29 is 9.72 Å². The van der Waals surface area contributed by atoms with Crippen molar-refractivity contribution in [3.8, 4) is 0 Å². The second-order valence-corrected chi connectivity index (χ2v) is 4.08. The Morgan fingerprint density at radius 1 is 1.40 bits per heavy atom. The van der Waals surface area contributed by atoms with Gasteiger partial charge in [0, 0.05) is 30.7 Å². The molecule has 0 bridgehead atoms. The highest BCUT2D eigenvalue weighted by atomic mass is 16.6. The molecule has 102 valence electrons. The van der Waals surface area contributed by atoms with Gasteiger partial charge < -0.3 is 11.1 Å².